The van der Waals surface area contributed by atoms with E-state index in [4.69, 9.17) is 14.2 Å². The minimum atomic E-state index is -0.364. The molecule has 0 aliphatic carbocycles. The van der Waals surface area contributed by atoms with Crippen LogP contribution in [0.1, 0.15) is 40.0 Å². The van der Waals surface area contributed by atoms with Gasteiger partial charge >= 0.3 is 0 Å². The third-order valence-electron chi connectivity index (χ3n) is 6.95. The number of benzene rings is 4. The minimum Gasteiger partial charge on any atom is -0.486 e. The molecule has 0 bridgehead atoms. The molecule has 0 saturated carbocycles. The molecule has 0 aromatic heterocycles. The number of hydrogen-bond donors (Lipinski definition) is 1. The monoisotopic (exact) mass is 550 g/mol. The van der Waals surface area contributed by atoms with Gasteiger partial charge in [0.15, 0.2) is 23.0 Å². The largest absolute Gasteiger partial charge is 0.486 e. The number of halogens is 1. The predicted octanol–water partition coefficient (Wildman–Crippen LogP) is 6.05. The van der Waals surface area contributed by atoms with E-state index in [1.54, 1.807) is 59.5 Å². The molecule has 1 atom stereocenters. The van der Waals surface area contributed by atoms with E-state index in [0.717, 1.165) is 5.56 Å². The summed E-state index contributed by atoms with van der Waals surface area (Å²) in [4.78, 5) is 28.0. The van der Waals surface area contributed by atoms with Crippen molar-refractivity contribution in [3.63, 3.8) is 0 Å². The Morgan fingerprint density at radius 3 is 2.51 bits per heavy atom. The van der Waals surface area contributed by atoms with Gasteiger partial charge in [-0.15, -0.1) is 0 Å². The van der Waals surface area contributed by atoms with Gasteiger partial charge in [-0.1, -0.05) is 42.5 Å². The number of carbonyl (C=O) groups excluding carboxylic acids is 2. The number of rotatable bonds is 6. The van der Waals surface area contributed by atoms with Crippen molar-refractivity contribution in [2.45, 2.75) is 19.5 Å². The summed E-state index contributed by atoms with van der Waals surface area (Å²) >= 11 is 0. The van der Waals surface area contributed by atoms with Gasteiger partial charge < -0.3 is 19.5 Å². The van der Waals surface area contributed by atoms with Crippen LogP contribution in [-0.2, 0) is 11.3 Å². The molecule has 206 valence electrons. The van der Waals surface area contributed by atoms with Crippen molar-refractivity contribution in [3.05, 3.63) is 125 Å². The van der Waals surface area contributed by atoms with E-state index in [9.17, 15) is 14.0 Å². The molecule has 1 unspecified atom stereocenters. The molecule has 2 heterocycles. The number of amides is 2. The summed E-state index contributed by atoms with van der Waals surface area (Å²) < 4.78 is 31.0. The normalized spacial score (nSPS) is 15.6. The molecule has 0 fully saturated rings. The third-order valence-corrected chi connectivity index (χ3v) is 6.95. The van der Waals surface area contributed by atoms with Gasteiger partial charge in [0, 0.05) is 5.56 Å². The lowest BCUT2D eigenvalue weighted by atomic mass is 10.1. The summed E-state index contributed by atoms with van der Waals surface area (Å²) in [6.45, 7) is 3.11. The van der Waals surface area contributed by atoms with Crippen molar-refractivity contribution in [2.75, 3.05) is 18.1 Å². The second kappa shape index (κ2) is 11.2. The van der Waals surface area contributed by atoms with Crippen LogP contribution in [0, 0.1) is 5.82 Å². The van der Waals surface area contributed by atoms with E-state index >= 15 is 0 Å². The van der Waals surface area contributed by atoms with Gasteiger partial charge in [0.1, 0.15) is 19.0 Å². The summed E-state index contributed by atoms with van der Waals surface area (Å²) in [7, 11) is 0. The number of carbonyl (C=O) groups is 2. The van der Waals surface area contributed by atoms with Gasteiger partial charge in [-0.3, -0.25) is 14.5 Å². The van der Waals surface area contributed by atoms with Crippen molar-refractivity contribution in [3.8, 4) is 17.2 Å². The summed E-state index contributed by atoms with van der Waals surface area (Å²) in [5, 5.41) is 3.01. The smallest absolute Gasteiger partial charge is 0.294 e. The molecule has 2 aliphatic heterocycles. The molecule has 1 N–H and O–H groups in total. The van der Waals surface area contributed by atoms with Crippen LogP contribution in [0.3, 0.4) is 0 Å². The summed E-state index contributed by atoms with van der Waals surface area (Å²) in [5.41, 5.74) is 3.34. The molecule has 0 spiro atoms. The van der Waals surface area contributed by atoms with Crippen molar-refractivity contribution < 1.29 is 28.2 Å². The number of nitrogens with zero attached hydrogens (tertiary/aromatic N) is 1. The number of ether oxygens (including phenoxy) is 3. The van der Waals surface area contributed by atoms with Crippen LogP contribution in [0.15, 0.2) is 96.8 Å². The lowest BCUT2D eigenvalue weighted by molar-refractivity contribution is -0.117. The highest BCUT2D eigenvalue weighted by molar-refractivity contribution is 6.09. The van der Waals surface area contributed by atoms with E-state index < -0.39 is 0 Å². The summed E-state index contributed by atoms with van der Waals surface area (Å²) in [6.07, 6.45) is 1.64. The molecule has 7 nitrogen and oxygen atoms in total. The van der Waals surface area contributed by atoms with Crippen LogP contribution in [-0.4, -0.2) is 25.0 Å². The van der Waals surface area contributed by atoms with Gasteiger partial charge in [-0.2, -0.15) is 0 Å². The fraction of sp³-hybridized carbons (Fsp3) is 0.152. The Balaban J connectivity index is 1.18. The molecule has 2 aliphatic rings. The number of para-hydroxylation sites is 2. The first-order valence-electron chi connectivity index (χ1n) is 13.3. The molecule has 8 heteroatoms. The van der Waals surface area contributed by atoms with E-state index in [1.807, 2.05) is 37.3 Å². The second-order valence-electron chi connectivity index (χ2n) is 9.82. The van der Waals surface area contributed by atoms with E-state index in [2.05, 4.69) is 5.32 Å². The van der Waals surface area contributed by atoms with Crippen molar-refractivity contribution >= 4 is 23.6 Å². The van der Waals surface area contributed by atoms with Crippen LogP contribution >= 0.6 is 0 Å². The zero-order valence-corrected chi connectivity index (χ0v) is 22.3. The fourth-order valence-electron chi connectivity index (χ4n) is 4.81. The summed E-state index contributed by atoms with van der Waals surface area (Å²) in [6, 6.07) is 25.7. The zero-order valence-electron chi connectivity index (χ0n) is 22.3. The number of hydrogen-bond acceptors (Lipinski definition) is 5. The highest BCUT2D eigenvalue weighted by Crippen LogP contribution is 2.37. The standard InChI is InChI=1S/C33H27FN2O5/c1-21(25-13-14-29-30(19-25)40-16-15-39-29)35-32(37)24-11-9-22(10-12-24)18-31-33(38)36(20-23-5-4-6-26(34)17-23)27-7-2-3-8-28(27)41-31/h2-14,17-19,21H,15-16,20H2,1H3,(H,35,37). The van der Waals surface area contributed by atoms with Crippen LogP contribution < -0.4 is 24.4 Å². The first kappa shape index (κ1) is 26.1. The first-order valence-corrected chi connectivity index (χ1v) is 13.3. The lowest BCUT2D eigenvalue weighted by Crippen LogP contribution is -2.36. The van der Waals surface area contributed by atoms with Crippen LogP contribution in [0.5, 0.6) is 17.2 Å². The maximum atomic E-state index is 13.8. The van der Waals surface area contributed by atoms with Gasteiger partial charge in [0.25, 0.3) is 11.8 Å². The first-order chi connectivity index (χ1) is 19.9. The third kappa shape index (κ3) is 5.63. The Bertz CT molecular complexity index is 1650. The SMILES string of the molecule is CC(NC(=O)c1ccc(C=C2Oc3ccccc3N(Cc3cccc(F)c3)C2=O)cc1)c1ccc2c(c1)OCCO2. The van der Waals surface area contributed by atoms with Gasteiger partial charge in [-0.25, -0.2) is 4.39 Å². The van der Waals surface area contributed by atoms with Gasteiger partial charge in [-0.05, 0) is 78.2 Å². The average molecular weight is 551 g/mol. The van der Waals surface area contributed by atoms with Crippen molar-refractivity contribution in [1.82, 2.24) is 5.32 Å². The topological polar surface area (TPSA) is 77.1 Å². The van der Waals surface area contributed by atoms with E-state index in [-0.39, 0.29) is 36.0 Å². The van der Waals surface area contributed by atoms with Crippen molar-refractivity contribution in [2.24, 2.45) is 0 Å². The molecule has 0 radical (unpaired) electrons. The predicted molar refractivity (Wildman–Crippen MR) is 152 cm³/mol. The van der Waals surface area contributed by atoms with E-state index in [1.165, 1.54) is 12.1 Å². The maximum Gasteiger partial charge on any atom is 0.294 e. The Morgan fingerprint density at radius 1 is 0.927 bits per heavy atom. The minimum absolute atomic E-state index is 0.129. The zero-order chi connectivity index (χ0) is 28.3. The summed E-state index contributed by atoms with van der Waals surface area (Å²) in [5.74, 6) is 1.09. The van der Waals surface area contributed by atoms with Crippen LogP contribution in [0.2, 0.25) is 0 Å². The maximum absolute atomic E-state index is 13.8. The number of fused-ring (bicyclic) bond motifs is 2. The fourth-order valence-corrected chi connectivity index (χ4v) is 4.81. The molecular formula is C33H27FN2O5. The van der Waals surface area contributed by atoms with Crippen molar-refractivity contribution in [1.29, 1.82) is 0 Å². The number of anilines is 1. The molecule has 2 amide bonds. The second-order valence-corrected chi connectivity index (χ2v) is 9.82. The molecular weight excluding hydrogens is 523 g/mol. The highest BCUT2D eigenvalue weighted by atomic mass is 19.1. The molecule has 0 saturated heterocycles. The van der Waals surface area contributed by atoms with Gasteiger partial charge in [0.05, 0.1) is 18.3 Å². The quantitative estimate of drug-likeness (QED) is 0.296. The molecule has 6 rings (SSSR count). The Kier molecular flexibility index (Phi) is 7.12. The Morgan fingerprint density at radius 2 is 1.71 bits per heavy atom. The molecule has 41 heavy (non-hydrogen) atoms. The average Bonchev–Trinajstić information content (AvgIpc) is 2.99. The molecule has 4 aromatic carbocycles. The lowest BCUT2D eigenvalue weighted by Gasteiger charge is -2.30. The van der Waals surface area contributed by atoms with Crippen LogP contribution in [0.4, 0.5) is 10.1 Å². The van der Waals surface area contributed by atoms with Gasteiger partial charge in [0.2, 0.25) is 0 Å². The Labute approximate surface area is 236 Å². The Hall–Kier alpha value is -5.11. The van der Waals surface area contributed by atoms with E-state index in [0.29, 0.717) is 52.8 Å². The highest BCUT2D eigenvalue weighted by Gasteiger charge is 2.30. The van der Waals surface area contributed by atoms with Crippen LogP contribution in [0.25, 0.3) is 6.08 Å². The number of nitrogens with one attached hydrogen (secondary N) is 1. The molecule has 4 aromatic rings.